The van der Waals surface area contributed by atoms with E-state index in [1.165, 1.54) is 4.31 Å². The number of anilines is 1. The molecule has 1 unspecified atom stereocenters. The molecule has 9 heteroatoms. The van der Waals surface area contributed by atoms with Crippen LogP contribution in [0.4, 0.5) is 5.69 Å². The highest BCUT2D eigenvalue weighted by atomic mass is 32.2. The van der Waals surface area contributed by atoms with Crippen LogP contribution in [0.1, 0.15) is 26.2 Å². The lowest BCUT2D eigenvalue weighted by Crippen LogP contribution is -2.40. The van der Waals surface area contributed by atoms with E-state index in [-0.39, 0.29) is 18.2 Å². The van der Waals surface area contributed by atoms with Gasteiger partial charge in [0.25, 0.3) is 0 Å². The Bertz CT molecular complexity index is 1180. The van der Waals surface area contributed by atoms with E-state index in [0.717, 1.165) is 53.6 Å². The molecule has 2 aliphatic heterocycles. The molecule has 0 aromatic carbocycles. The summed E-state index contributed by atoms with van der Waals surface area (Å²) in [5, 5.41) is 12.3. The van der Waals surface area contributed by atoms with Gasteiger partial charge in [0, 0.05) is 55.0 Å². The zero-order chi connectivity index (χ0) is 20.9. The normalized spacial score (nSPS) is 24.3. The maximum atomic E-state index is 12.8. The molecule has 1 atom stereocenters. The second kappa shape index (κ2) is 7.18. The Morgan fingerprint density at radius 1 is 1.23 bits per heavy atom. The molecule has 0 saturated carbocycles. The van der Waals surface area contributed by atoms with Gasteiger partial charge in [-0.2, -0.15) is 4.31 Å². The van der Waals surface area contributed by atoms with Crippen LogP contribution in [0.5, 0.6) is 0 Å². The number of nitrogens with zero attached hydrogens (tertiary/aromatic N) is 4. The first-order valence-corrected chi connectivity index (χ1v) is 12.1. The van der Waals surface area contributed by atoms with E-state index in [2.05, 4.69) is 19.9 Å². The molecule has 2 aliphatic rings. The standard InChI is InChI=1S/C21H27N5O3S/c1-21(27)6-11-26(14-21)30(28,29)13-15-4-9-25(10-5-15)18-3-8-22-17-12-24-20-16(19(17)18)2-7-23-20/h2-3,7-8,12,15,27H,4-6,9-11,13-14H2,1H3,(H,23,24). The topological polar surface area (TPSA) is 102 Å². The molecule has 0 amide bonds. The Hall–Kier alpha value is -2.23. The van der Waals surface area contributed by atoms with Crippen molar-refractivity contribution in [3.8, 4) is 0 Å². The molecule has 5 rings (SSSR count). The minimum Gasteiger partial charge on any atom is -0.389 e. The second-order valence-electron chi connectivity index (χ2n) is 8.88. The van der Waals surface area contributed by atoms with Crippen LogP contribution in [0.25, 0.3) is 21.9 Å². The number of rotatable bonds is 4. The number of sulfonamides is 1. The van der Waals surface area contributed by atoms with Crippen LogP contribution >= 0.6 is 0 Å². The van der Waals surface area contributed by atoms with Gasteiger partial charge < -0.3 is 15.0 Å². The van der Waals surface area contributed by atoms with Crippen molar-refractivity contribution >= 4 is 37.6 Å². The predicted octanol–water partition coefficient (Wildman–Crippen LogP) is 2.11. The Balaban J connectivity index is 1.32. The number of fused-ring (bicyclic) bond motifs is 3. The highest BCUT2D eigenvalue weighted by Gasteiger charge is 2.39. The molecule has 2 fully saturated rings. The summed E-state index contributed by atoms with van der Waals surface area (Å²) in [5.74, 6) is 0.304. The number of hydrogen-bond acceptors (Lipinski definition) is 6. The van der Waals surface area contributed by atoms with E-state index >= 15 is 0 Å². The third-order valence-corrected chi connectivity index (χ3v) is 8.47. The van der Waals surface area contributed by atoms with Gasteiger partial charge in [0.05, 0.1) is 23.1 Å². The van der Waals surface area contributed by atoms with Crippen molar-refractivity contribution in [2.45, 2.75) is 31.8 Å². The summed E-state index contributed by atoms with van der Waals surface area (Å²) in [6.45, 7) is 3.95. The largest absolute Gasteiger partial charge is 0.389 e. The summed E-state index contributed by atoms with van der Waals surface area (Å²) in [6.07, 6.45) is 7.65. The zero-order valence-electron chi connectivity index (χ0n) is 17.1. The molecular formula is C21H27N5O3S. The van der Waals surface area contributed by atoms with Gasteiger partial charge in [0.15, 0.2) is 0 Å². The quantitative estimate of drug-likeness (QED) is 0.659. The highest BCUT2D eigenvalue weighted by Crippen LogP contribution is 2.34. The number of aromatic amines is 1. The third kappa shape index (κ3) is 3.55. The summed E-state index contributed by atoms with van der Waals surface area (Å²) in [6, 6.07) is 4.07. The zero-order valence-corrected chi connectivity index (χ0v) is 17.9. The molecule has 0 aliphatic carbocycles. The molecule has 0 spiro atoms. The van der Waals surface area contributed by atoms with E-state index in [4.69, 9.17) is 0 Å². The molecule has 2 N–H and O–H groups in total. The summed E-state index contributed by atoms with van der Waals surface area (Å²) in [4.78, 5) is 14.4. The van der Waals surface area contributed by atoms with Gasteiger partial charge in [0.2, 0.25) is 10.0 Å². The fourth-order valence-corrected chi connectivity index (χ4v) is 6.77. The van der Waals surface area contributed by atoms with Gasteiger partial charge in [-0.25, -0.2) is 13.4 Å². The molecule has 0 bridgehead atoms. The molecule has 30 heavy (non-hydrogen) atoms. The second-order valence-corrected chi connectivity index (χ2v) is 10.9. The third-order valence-electron chi connectivity index (χ3n) is 6.48. The highest BCUT2D eigenvalue weighted by molar-refractivity contribution is 7.89. The van der Waals surface area contributed by atoms with E-state index < -0.39 is 15.6 Å². The van der Waals surface area contributed by atoms with Crippen molar-refractivity contribution in [3.63, 3.8) is 0 Å². The minimum absolute atomic E-state index is 0.138. The van der Waals surface area contributed by atoms with E-state index in [1.807, 2.05) is 24.5 Å². The van der Waals surface area contributed by atoms with Gasteiger partial charge in [-0.1, -0.05) is 0 Å². The van der Waals surface area contributed by atoms with Crippen molar-refractivity contribution in [2.24, 2.45) is 5.92 Å². The SMILES string of the molecule is CC1(O)CCN(S(=O)(=O)CC2CCN(c3ccnc4cnc5[nH]ccc5c34)CC2)C1. The number of piperidine rings is 1. The first-order chi connectivity index (χ1) is 14.3. The summed E-state index contributed by atoms with van der Waals surface area (Å²) in [5.41, 5.74) is 1.94. The lowest BCUT2D eigenvalue weighted by Gasteiger charge is -2.34. The Morgan fingerprint density at radius 3 is 2.77 bits per heavy atom. The van der Waals surface area contributed by atoms with E-state index in [9.17, 15) is 13.5 Å². The van der Waals surface area contributed by atoms with Crippen LogP contribution in [-0.2, 0) is 10.0 Å². The molecule has 2 saturated heterocycles. The van der Waals surface area contributed by atoms with E-state index in [0.29, 0.717) is 13.0 Å². The summed E-state index contributed by atoms with van der Waals surface area (Å²) >= 11 is 0. The maximum Gasteiger partial charge on any atom is 0.214 e. The van der Waals surface area contributed by atoms with Crippen LogP contribution in [0.15, 0.2) is 30.7 Å². The number of H-pyrrole nitrogens is 1. The lowest BCUT2D eigenvalue weighted by molar-refractivity contribution is 0.0762. The van der Waals surface area contributed by atoms with Crippen LogP contribution in [-0.4, -0.2) is 70.3 Å². The molecule has 3 aromatic rings. The monoisotopic (exact) mass is 429 g/mol. The fourth-order valence-electron chi connectivity index (χ4n) is 4.78. The van der Waals surface area contributed by atoms with Crippen LogP contribution in [0.3, 0.4) is 0 Å². The number of hydrogen-bond donors (Lipinski definition) is 2. The van der Waals surface area contributed by atoms with Gasteiger partial charge in [-0.15, -0.1) is 0 Å². The smallest absolute Gasteiger partial charge is 0.214 e. The Kier molecular flexibility index (Phi) is 4.72. The molecule has 0 radical (unpaired) electrons. The molecular weight excluding hydrogens is 402 g/mol. The Labute approximate surface area is 176 Å². The van der Waals surface area contributed by atoms with Crippen LogP contribution in [0, 0.1) is 5.92 Å². The number of β-amino-alcohol motifs (C(OH)–C–C–N with tert-alkyl or cyclic N) is 1. The van der Waals surface area contributed by atoms with E-state index in [1.54, 1.807) is 13.1 Å². The van der Waals surface area contributed by atoms with Gasteiger partial charge in [-0.3, -0.25) is 4.98 Å². The average Bonchev–Trinajstić information content (AvgIpc) is 3.34. The van der Waals surface area contributed by atoms with Crippen molar-refractivity contribution in [1.82, 2.24) is 19.3 Å². The number of nitrogens with one attached hydrogen (secondary N) is 1. The first-order valence-electron chi connectivity index (χ1n) is 10.5. The van der Waals surface area contributed by atoms with Crippen LogP contribution in [0.2, 0.25) is 0 Å². The maximum absolute atomic E-state index is 12.8. The first kappa shape index (κ1) is 19.7. The average molecular weight is 430 g/mol. The number of aliphatic hydroxyl groups is 1. The predicted molar refractivity (Wildman–Crippen MR) is 117 cm³/mol. The van der Waals surface area contributed by atoms with Crippen LogP contribution < -0.4 is 4.90 Å². The lowest BCUT2D eigenvalue weighted by atomic mass is 9.98. The van der Waals surface area contributed by atoms with Crippen molar-refractivity contribution < 1.29 is 13.5 Å². The molecule has 8 nitrogen and oxygen atoms in total. The summed E-state index contributed by atoms with van der Waals surface area (Å²) in [7, 11) is -3.34. The van der Waals surface area contributed by atoms with Gasteiger partial charge in [0.1, 0.15) is 5.65 Å². The molecule has 3 aromatic heterocycles. The molecule has 160 valence electrons. The summed E-state index contributed by atoms with van der Waals surface area (Å²) < 4.78 is 27.1. The molecule has 5 heterocycles. The number of pyridine rings is 2. The van der Waals surface area contributed by atoms with Crippen molar-refractivity contribution in [2.75, 3.05) is 36.8 Å². The Morgan fingerprint density at radius 2 is 2.03 bits per heavy atom. The minimum atomic E-state index is -3.34. The van der Waals surface area contributed by atoms with Crippen molar-refractivity contribution in [1.29, 1.82) is 0 Å². The number of aromatic nitrogens is 3. The van der Waals surface area contributed by atoms with Gasteiger partial charge >= 0.3 is 0 Å². The fraction of sp³-hybridized carbons (Fsp3) is 0.524. The van der Waals surface area contributed by atoms with Crippen molar-refractivity contribution in [3.05, 3.63) is 30.7 Å². The van der Waals surface area contributed by atoms with Gasteiger partial charge in [-0.05, 0) is 44.2 Å².